The molecule has 0 amide bonds. The molecule has 20 heavy (non-hydrogen) atoms. The summed E-state index contributed by atoms with van der Waals surface area (Å²) in [5.74, 6) is -0.374. The first-order chi connectivity index (χ1) is 9.29. The molecule has 0 aromatic heterocycles. The highest BCUT2D eigenvalue weighted by molar-refractivity contribution is 7.86. The van der Waals surface area contributed by atoms with Gasteiger partial charge in [-0.15, -0.1) is 0 Å². The zero-order chi connectivity index (χ0) is 15.3. The maximum Gasteiger partial charge on any atom is 0.296 e. The van der Waals surface area contributed by atoms with Gasteiger partial charge in [0, 0.05) is 6.07 Å². The van der Waals surface area contributed by atoms with E-state index in [-0.39, 0.29) is 11.4 Å². The van der Waals surface area contributed by atoms with E-state index in [4.69, 9.17) is 25.7 Å². The predicted molar refractivity (Wildman–Crippen MR) is 71.4 cm³/mol. The second kappa shape index (κ2) is 6.00. The molecule has 106 valence electrons. The fourth-order valence-corrected chi connectivity index (χ4v) is 1.85. The lowest BCUT2D eigenvalue weighted by Gasteiger charge is -2.08. The molecule has 0 aliphatic heterocycles. The number of nitrogens with zero attached hydrogens (tertiary/aromatic N) is 2. The van der Waals surface area contributed by atoms with Crippen LogP contribution in [-0.2, 0) is 10.1 Å². The lowest BCUT2D eigenvalue weighted by molar-refractivity contribution is 0.412. The van der Waals surface area contributed by atoms with Crippen LogP contribution in [0.25, 0.3) is 0 Å². The van der Waals surface area contributed by atoms with E-state index in [0.29, 0.717) is 0 Å². The summed E-state index contributed by atoms with van der Waals surface area (Å²) in [6.07, 6.45) is 0. The molecule has 0 aliphatic carbocycles. The Balaban J connectivity index is 3.27. The van der Waals surface area contributed by atoms with Crippen LogP contribution in [0, 0.1) is 16.7 Å². The number of amidine groups is 1. The van der Waals surface area contributed by atoms with Gasteiger partial charge < -0.3 is 10.5 Å². The van der Waals surface area contributed by atoms with Crippen molar-refractivity contribution in [3.8, 4) is 11.8 Å². The second-order valence-corrected chi connectivity index (χ2v) is 4.82. The number of methoxy groups -OCH3 is 1. The minimum absolute atomic E-state index is 0.0951. The zero-order valence-electron chi connectivity index (χ0n) is 10.3. The van der Waals surface area contributed by atoms with E-state index in [2.05, 4.69) is 10.5 Å². The molecule has 0 aliphatic rings. The molecule has 9 nitrogen and oxygen atoms in total. The van der Waals surface area contributed by atoms with Crippen LogP contribution in [0.3, 0.4) is 0 Å². The van der Waals surface area contributed by atoms with Gasteiger partial charge in [-0.05, 0) is 12.1 Å². The normalized spacial score (nSPS) is 11.6. The van der Waals surface area contributed by atoms with E-state index in [1.165, 1.54) is 19.2 Å². The van der Waals surface area contributed by atoms with Crippen molar-refractivity contribution in [1.29, 1.82) is 10.7 Å². The number of hydrazone groups is 1. The number of anilines is 1. The first kappa shape index (κ1) is 15.4. The van der Waals surface area contributed by atoms with Crippen LogP contribution in [0.4, 0.5) is 5.69 Å². The molecule has 0 radical (unpaired) electrons. The maximum absolute atomic E-state index is 11.2. The lowest BCUT2D eigenvalue weighted by atomic mass is 10.3. The Morgan fingerprint density at radius 2 is 2.25 bits per heavy atom. The van der Waals surface area contributed by atoms with Crippen LogP contribution in [0.2, 0.25) is 0 Å². The van der Waals surface area contributed by atoms with Gasteiger partial charge in [-0.25, -0.2) is 0 Å². The van der Waals surface area contributed by atoms with Crippen LogP contribution in [0.1, 0.15) is 0 Å². The highest BCUT2D eigenvalue weighted by atomic mass is 32.2. The molecule has 0 bridgehead atoms. The van der Waals surface area contributed by atoms with E-state index in [0.717, 1.165) is 6.07 Å². The van der Waals surface area contributed by atoms with Gasteiger partial charge in [0.15, 0.2) is 5.84 Å². The molecule has 5 N–H and O–H groups in total. The van der Waals surface area contributed by atoms with Gasteiger partial charge in [0.05, 0.1) is 12.8 Å². The minimum atomic E-state index is -4.52. The van der Waals surface area contributed by atoms with Gasteiger partial charge in [0.1, 0.15) is 16.7 Å². The molecule has 0 atom stereocenters. The van der Waals surface area contributed by atoms with Crippen molar-refractivity contribution in [1.82, 2.24) is 0 Å². The van der Waals surface area contributed by atoms with Gasteiger partial charge in [0.2, 0.25) is 5.71 Å². The van der Waals surface area contributed by atoms with E-state index >= 15 is 0 Å². The van der Waals surface area contributed by atoms with Crippen molar-refractivity contribution in [2.24, 2.45) is 10.8 Å². The summed E-state index contributed by atoms with van der Waals surface area (Å²) in [5, 5.41) is 19.2. The van der Waals surface area contributed by atoms with E-state index in [1.54, 1.807) is 6.07 Å². The van der Waals surface area contributed by atoms with Gasteiger partial charge in [-0.2, -0.15) is 18.8 Å². The van der Waals surface area contributed by atoms with Crippen molar-refractivity contribution in [3.63, 3.8) is 0 Å². The monoisotopic (exact) mass is 297 g/mol. The number of benzene rings is 1. The molecule has 0 saturated heterocycles. The Hall–Kier alpha value is -2.64. The fraction of sp³-hybridized carbons (Fsp3) is 0.100. The fourth-order valence-electron chi connectivity index (χ4n) is 1.20. The van der Waals surface area contributed by atoms with Crippen LogP contribution >= 0.6 is 0 Å². The number of hydrogen-bond acceptors (Lipinski definition) is 7. The van der Waals surface area contributed by atoms with Crippen LogP contribution in [-0.4, -0.2) is 31.6 Å². The number of nitrogens with two attached hydrogens (primary N) is 1. The molecule has 1 aromatic rings. The molecule has 1 aromatic carbocycles. The number of nitrogens with one attached hydrogen (secondary N) is 2. The number of rotatable bonds is 5. The number of ether oxygens (including phenoxy) is 1. The van der Waals surface area contributed by atoms with Crippen molar-refractivity contribution in [2.75, 3.05) is 12.5 Å². The largest absolute Gasteiger partial charge is 0.497 e. The summed E-state index contributed by atoms with van der Waals surface area (Å²) in [6, 6.07) is 5.33. The Bertz CT molecular complexity index is 705. The predicted octanol–water partition coefficient (Wildman–Crippen LogP) is 0.169. The topological polar surface area (TPSA) is 162 Å². The SMILES string of the molecule is COc1ccc(N/N=C(\C#N)C(=N)N)c(S(=O)(=O)O)c1. The zero-order valence-corrected chi connectivity index (χ0v) is 11.1. The van der Waals surface area contributed by atoms with Crippen LogP contribution < -0.4 is 15.9 Å². The first-order valence-corrected chi connectivity index (χ1v) is 6.47. The van der Waals surface area contributed by atoms with Gasteiger partial charge in [-0.1, -0.05) is 0 Å². The van der Waals surface area contributed by atoms with Crippen LogP contribution in [0.5, 0.6) is 5.75 Å². The number of nitriles is 1. The van der Waals surface area contributed by atoms with Gasteiger partial charge in [-0.3, -0.25) is 15.4 Å². The van der Waals surface area contributed by atoms with Gasteiger partial charge in [0.25, 0.3) is 10.1 Å². The molecule has 1 rings (SSSR count). The maximum atomic E-state index is 11.2. The number of hydrogen-bond donors (Lipinski definition) is 4. The van der Waals surface area contributed by atoms with Gasteiger partial charge >= 0.3 is 0 Å². The Morgan fingerprint density at radius 1 is 1.60 bits per heavy atom. The van der Waals surface area contributed by atoms with Crippen molar-refractivity contribution >= 4 is 27.4 Å². The average molecular weight is 297 g/mol. The molecular weight excluding hydrogens is 286 g/mol. The quantitative estimate of drug-likeness (QED) is 0.260. The summed E-state index contributed by atoms with van der Waals surface area (Å²) in [5.41, 5.74) is 6.81. The molecule has 0 unspecified atom stereocenters. The first-order valence-electron chi connectivity index (χ1n) is 5.03. The van der Waals surface area contributed by atoms with E-state index in [9.17, 15) is 8.42 Å². The Kier molecular flexibility index (Phi) is 4.63. The Labute approximate surface area is 114 Å². The standard InChI is InChI=1S/C10H11N5O4S/c1-19-6-2-3-7(9(4-6)20(16,17)18)14-15-8(5-11)10(12)13/h2-4,14H,1H3,(H3,12,13)(H,16,17,18)/b15-8+. The summed E-state index contributed by atoms with van der Waals surface area (Å²) >= 11 is 0. The third kappa shape index (κ3) is 3.67. The van der Waals surface area contributed by atoms with E-state index in [1.807, 2.05) is 0 Å². The molecule has 10 heteroatoms. The third-order valence-electron chi connectivity index (χ3n) is 2.12. The lowest BCUT2D eigenvalue weighted by Crippen LogP contribution is -2.22. The molecule has 0 heterocycles. The average Bonchev–Trinajstić information content (AvgIpc) is 2.38. The van der Waals surface area contributed by atoms with Crippen molar-refractivity contribution in [3.05, 3.63) is 18.2 Å². The minimum Gasteiger partial charge on any atom is -0.497 e. The molecule has 0 spiro atoms. The summed E-state index contributed by atoms with van der Waals surface area (Å²) < 4.78 is 36.5. The molecular formula is C10H11N5O4S. The summed E-state index contributed by atoms with van der Waals surface area (Å²) in [7, 11) is -3.19. The molecule has 0 saturated carbocycles. The second-order valence-electron chi connectivity index (χ2n) is 3.43. The van der Waals surface area contributed by atoms with E-state index < -0.39 is 26.6 Å². The Morgan fingerprint density at radius 3 is 2.70 bits per heavy atom. The third-order valence-corrected chi connectivity index (χ3v) is 3.01. The van der Waals surface area contributed by atoms with Crippen molar-refractivity contribution in [2.45, 2.75) is 4.90 Å². The smallest absolute Gasteiger partial charge is 0.296 e. The molecule has 0 fully saturated rings. The highest BCUT2D eigenvalue weighted by Crippen LogP contribution is 2.26. The van der Waals surface area contributed by atoms with Crippen molar-refractivity contribution < 1.29 is 17.7 Å². The van der Waals surface area contributed by atoms with Crippen LogP contribution in [0.15, 0.2) is 28.2 Å². The summed E-state index contributed by atoms with van der Waals surface area (Å²) in [4.78, 5) is -0.485. The summed E-state index contributed by atoms with van der Waals surface area (Å²) in [6.45, 7) is 0. The highest BCUT2D eigenvalue weighted by Gasteiger charge is 2.17.